The van der Waals surface area contributed by atoms with Crippen molar-refractivity contribution in [1.29, 1.82) is 0 Å². The summed E-state index contributed by atoms with van der Waals surface area (Å²) in [7, 11) is 0. The number of rotatable bonds is 2. The molecule has 0 radical (unpaired) electrons. The zero-order chi connectivity index (χ0) is 13.2. The van der Waals surface area contributed by atoms with Gasteiger partial charge in [0.05, 0.1) is 0 Å². The van der Waals surface area contributed by atoms with E-state index in [4.69, 9.17) is 0 Å². The first-order valence-corrected chi connectivity index (χ1v) is 6.47. The van der Waals surface area contributed by atoms with Crippen molar-refractivity contribution >= 4 is 0 Å². The lowest BCUT2D eigenvalue weighted by Gasteiger charge is -2.01. The highest BCUT2D eigenvalue weighted by molar-refractivity contribution is 5.39. The Morgan fingerprint density at radius 1 is 0.850 bits per heavy atom. The molecule has 0 N–H and O–H groups in total. The van der Waals surface area contributed by atoms with Crippen LogP contribution in [-0.2, 0) is 0 Å². The van der Waals surface area contributed by atoms with E-state index in [0.29, 0.717) is 0 Å². The van der Waals surface area contributed by atoms with Crippen LogP contribution in [0.4, 0.5) is 0 Å². The molecule has 0 bridgehead atoms. The summed E-state index contributed by atoms with van der Waals surface area (Å²) < 4.78 is 4.31. The summed E-state index contributed by atoms with van der Waals surface area (Å²) in [5.74, 6) is 0. The Bertz CT molecular complexity index is 656. The van der Waals surface area contributed by atoms with E-state index < -0.39 is 0 Å². The molecular weight excluding hydrogens is 312 g/mol. The highest BCUT2D eigenvalue weighted by Gasteiger charge is 2.11. The molecule has 0 aliphatic carbocycles. The molecule has 3 rings (SSSR count). The van der Waals surface area contributed by atoms with Crippen molar-refractivity contribution in [3.8, 4) is 11.4 Å². The lowest BCUT2D eigenvalue weighted by molar-refractivity contribution is -0.595. The van der Waals surface area contributed by atoms with Crippen LogP contribution in [0, 0.1) is 13.8 Å². The van der Waals surface area contributed by atoms with E-state index in [1.807, 2.05) is 0 Å². The fraction of sp³-hybridized carbons (Fsp3) is 0.118. The maximum absolute atomic E-state index is 2.15. The van der Waals surface area contributed by atoms with E-state index in [2.05, 4.69) is 90.2 Å². The smallest absolute Gasteiger partial charge is 0.254 e. The largest absolute Gasteiger partial charge is 1.00 e. The van der Waals surface area contributed by atoms with Crippen molar-refractivity contribution in [2.75, 3.05) is 0 Å². The number of imidazole rings is 1. The molecule has 0 atom stereocenters. The van der Waals surface area contributed by atoms with Gasteiger partial charge in [-0.1, -0.05) is 36.4 Å². The van der Waals surface area contributed by atoms with Crippen molar-refractivity contribution < 1.29 is 21.5 Å². The lowest BCUT2D eigenvalue weighted by atomic mass is 10.2. The van der Waals surface area contributed by atoms with Crippen LogP contribution in [0.5, 0.6) is 0 Å². The second-order valence-electron chi connectivity index (χ2n) is 4.80. The van der Waals surface area contributed by atoms with Gasteiger partial charge in [-0.15, -0.1) is 0 Å². The molecule has 0 aliphatic rings. The minimum Gasteiger partial charge on any atom is -1.00 e. The third-order valence-electron chi connectivity index (χ3n) is 3.42. The first-order chi connectivity index (χ1) is 9.25. The highest BCUT2D eigenvalue weighted by Crippen LogP contribution is 2.13. The molecule has 0 unspecified atom stereocenters. The second kappa shape index (κ2) is 6.06. The fourth-order valence-electron chi connectivity index (χ4n) is 2.35. The average Bonchev–Trinajstić information content (AvgIpc) is 2.89. The topological polar surface area (TPSA) is 8.81 Å². The number of nitrogens with zero attached hydrogens (tertiary/aromatic N) is 2. The van der Waals surface area contributed by atoms with Crippen molar-refractivity contribution in [1.82, 2.24) is 4.57 Å². The molecule has 0 fully saturated rings. The third kappa shape index (κ3) is 2.68. The zero-order valence-electron chi connectivity index (χ0n) is 11.6. The van der Waals surface area contributed by atoms with Gasteiger partial charge < -0.3 is 17.0 Å². The Labute approximate surface area is 130 Å². The molecule has 1 heterocycles. The summed E-state index contributed by atoms with van der Waals surface area (Å²) >= 11 is 0. The van der Waals surface area contributed by atoms with Gasteiger partial charge in [0.1, 0.15) is 23.8 Å². The minimum absolute atomic E-state index is 0. The van der Waals surface area contributed by atoms with Crippen LogP contribution in [0.3, 0.4) is 0 Å². The Balaban J connectivity index is 0.00000147. The van der Waals surface area contributed by atoms with E-state index in [1.54, 1.807) is 0 Å². The molecule has 102 valence electrons. The monoisotopic (exact) mass is 328 g/mol. The standard InChI is InChI=1S/C17H17N2.BrH/c1-14-7-3-5-9-16(14)18-11-12-19(13-18)17-10-6-4-8-15(17)2;/h3-13H,1-2H3;1H/q+1;/p-1. The summed E-state index contributed by atoms with van der Waals surface area (Å²) in [5, 5.41) is 0. The average molecular weight is 329 g/mol. The molecule has 0 saturated heterocycles. The van der Waals surface area contributed by atoms with Crippen molar-refractivity contribution in [2.24, 2.45) is 0 Å². The quantitative estimate of drug-likeness (QED) is 0.601. The Morgan fingerprint density at radius 3 is 2.20 bits per heavy atom. The maximum Gasteiger partial charge on any atom is 0.254 e. The molecule has 1 aromatic heterocycles. The first kappa shape index (κ1) is 14.5. The van der Waals surface area contributed by atoms with Crippen LogP contribution in [0.25, 0.3) is 11.4 Å². The normalized spacial score (nSPS) is 10.1. The molecular formula is C17H17BrN2. The van der Waals surface area contributed by atoms with Crippen molar-refractivity contribution in [3.05, 3.63) is 78.4 Å². The molecule has 0 amide bonds. The summed E-state index contributed by atoms with van der Waals surface area (Å²) in [4.78, 5) is 0. The van der Waals surface area contributed by atoms with E-state index in [9.17, 15) is 0 Å². The van der Waals surface area contributed by atoms with Gasteiger partial charge in [-0.3, -0.25) is 0 Å². The van der Waals surface area contributed by atoms with Gasteiger partial charge in [-0.05, 0) is 37.1 Å². The van der Waals surface area contributed by atoms with Crippen LogP contribution >= 0.6 is 0 Å². The Morgan fingerprint density at radius 2 is 1.50 bits per heavy atom. The molecule has 20 heavy (non-hydrogen) atoms. The Hall–Kier alpha value is -1.87. The zero-order valence-corrected chi connectivity index (χ0v) is 13.2. The number of aromatic nitrogens is 2. The van der Waals surface area contributed by atoms with Gasteiger partial charge in [0.2, 0.25) is 0 Å². The van der Waals surface area contributed by atoms with E-state index in [1.165, 1.54) is 22.5 Å². The predicted molar refractivity (Wildman–Crippen MR) is 76.8 cm³/mol. The van der Waals surface area contributed by atoms with Gasteiger partial charge in [0.15, 0.2) is 0 Å². The van der Waals surface area contributed by atoms with Gasteiger partial charge in [-0.25, -0.2) is 9.13 Å². The van der Waals surface area contributed by atoms with Crippen LogP contribution < -0.4 is 21.5 Å². The number of hydrogen-bond donors (Lipinski definition) is 0. The van der Waals surface area contributed by atoms with Crippen LogP contribution in [0.1, 0.15) is 11.1 Å². The van der Waals surface area contributed by atoms with Gasteiger partial charge in [0.25, 0.3) is 6.33 Å². The third-order valence-corrected chi connectivity index (χ3v) is 3.42. The van der Waals surface area contributed by atoms with Crippen LogP contribution in [-0.4, -0.2) is 4.57 Å². The molecule has 0 spiro atoms. The second-order valence-corrected chi connectivity index (χ2v) is 4.80. The summed E-state index contributed by atoms with van der Waals surface area (Å²) in [6, 6.07) is 16.8. The molecule has 0 aliphatic heterocycles. The minimum atomic E-state index is 0. The van der Waals surface area contributed by atoms with Crippen molar-refractivity contribution in [2.45, 2.75) is 13.8 Å². The lowest BCUT2D eigenvalue weighted by Crippen LogP contribution is -3.00. The Kier molecular flexibility index (Phi) is 4.40. The molecule has 2 nitrogen and oxygen atoms in total. The molecule has 2 aromatic carbocycles. The molecule has 3 aromatic rings. The van der Waals surface area contributed by atoms with Crippen LogP contribution in [0.15, 0.2) is 67.3 Å². The summed E-state index contributed by atoms with van der Waals surface area (Å²) in [5.41, 5.74) is 4.98. The summed E-state index contributed by atoms with van der Waals surface area (Å²) in [6.07, 6.45) is 6.30. The molecule has 0 saturated carbocycles. The fourth-order valence-corrected chi connectivity index (χ4v) is 2.35. The van der Waals surface area contributed by atoms with Crippen LogP contribution in [0.2, 0.25) is 0 Å². The van der Waals surface area contributed by atoms with E-state index in [-0.39, 0.29) is 17.0 Å². The number of hydrogen-bond acceptors (Lipinski definition) is 0. The summed E-state index contributed by atoms with van der Waals surface area (Å²) in [6.45, 7) is 4.26. The molecule has 3 heteroatoms. The SMILES string of the molecule is Cc1ccccc1-n1cc[n+](-c2ccccc2C)c1.[Br-]. The maximum atomic E-state index is 2.15. The van der Waals surface area contributed by atoms with E-state index >= 15 is 0 Å². The van der Waals surface area contributed by atoms with E-state index in [0.717, 1.165) is 0 Å². The highest BCUT2D eigenvalue weighted by atomic mass is 79.9. The van der Waals surface area contributed by atoms with Gasteiger partial charge in [0, 0.05) is 0 Å². The predicted octanol–water partition coefficient (Wildman–Crippen LogP) is 0.375. The number of aryl methyl sites for hydroxylation is 2. The number of benzene rings is 2. The van der Waals surface area contributed by atoms with Crippen molar-refractivity contribution in [3.63, 3.8) is 0 Å². The van der Waals surface area contributed by atoms with Gasteiger partial charge in [-0.2, -0.15) is 0 Å². The first-order valence-electron chi connectivity index (χ1n) is 6.47. The number of halogens is 1. The number of para-hydroxylation sites is 2. The van der Waals surface area contributed by atoms with Gasteiger partial charge >= 0.3 is 0 Å².